The molecule has 2 heterocycles. The van der Waals surface area contributed by atoms with E-state index in [1.165, 1.54) is 12.3 Å². The van der Waals surface area contributed by atoms with Crippen molar-refractivity contribution in [3.63, 3.8) is 0 Å². The van der Waals surface area contributed by atoms with Crippen LogP contribution in [0, 0.1) is 5.92 Å². The molecule has 4 rings (SSSR count). The molecular weight excluding hydrogens is 450 g/mol. The van der Waals surface area contributed by atoms with Gasteiger partial charge < -0.3 is 9.73 Å². The molecular formula is C23H24ClN3O4S. The zero-order valence-corrected chi connectivity index (χ0v) is 19.2. The van der Waals surface area contributed by atoms with Gasteiger partial charge in [0.2, 0.25) is 5.91 Å². The molecule has 0 spiro atoms. The van der Waals surface area contributed by atoms with Crippen LogP contribution >= 0.6 is 11.6 Å². The maximum atomic E-state index is 13.3. The van der Waals surface area contributed by atoms with Crippen LogP contribution in [0.1, 0.15) is 43.6 Å². The number of nitrogens with zero attached hydrogens (tertiary/aromatic N) is 2. The van der Waals surface area contributed by atoms with Crippen LogP contribution in [0.15, 0.2) is 58.5 Å². The third kappa shape index (κ3) is 5.19. The first-order valence-electron chi connectivity index (χ1n) is 10.5. The van der Waals surface area contributed by atoms with Crippen molar-refractivity contribution in [3.05, 3.63) is 59.8 Å². The summed E-state index contributed by atoms with van der Waals surface area (Å²) in [7, 11) is -3.45. The number of hydrogen-bond donors (Lipinski definition) is 1. The highest BCUT2D eigenvalue weighted by Crippen LogP contribution is 2.36. The Morgan fingerprint density at radius 2 is 2.00 bits per heavy atom. The summed E-state index contributed by atoms with van der Waals surface area (Å²) < 4.78 is 28.9. The Hall–Kier alpha value is -2.71. The molecule has 1 unspecified atom stereocenters. The van der Waals surface area contributed by atoms with Gasteiger partial charge in [0.1, 0.15) is 0 Å². The number of amides is 1. The number of anilines is 1. The Kier molecular flexibility index (Phi) is 6.62. The topological polar surface area (TPSA) is 102 Å². The van der Waals surface area contributed by atoms with Gasteiger partial charge in [0.05, 0.1) is 46.4 Å². The molecule has 1 atom stereocenters. The van der Waals surface area contributed by atoms with Crippen molar-refractivity contribution in [1.82, 2.24) is 9.97 Å². The van der Waals surface area contributed by atoms with Crippen LogP contribution in [0.5, 0.6) is 0 Å². The third-order valence-electron chi connectivity index (χ3n) is 5.84. The van der Waals surface area contributed by atoms with Crippen molar-refractivity contribution >= 4 is 33.2 Å². The average molecular weight is 474 g/mol. The van der Waals surface area contributed by atoms with Crippen molar-refractivity contribution in [2.75, 3.05) is 11.6 Å². The van der Waals surface area contributed by atoms with Crippen LogP contribution in [0.4, 0.5) is 5.82 Å². The van der Waals surface area contributed by atoms with E-state index in [0.29, 0.717) is 29.4 Å². The molecule has 0 aliphatic heterocycles. The third-order valence-corrected chi connectivity index (χ3v) is 7.42. The van der Waals surface area contributed by atoms with E-state index in [0.717, 1.165) is 37.5 Å². The van der Waals surface area contributed by atoms with Crippen LogP contribution in [0.3, 0.4) is 0 Å². The second-order valence-corrected chi connectivity index (χ2v) is 10.6. The fourth-order valence-corrected chi connectivity index (χ4v) is 5.51. The molecule has 1 amide bonds. The quantitative estimate of drug-likeness (QED) is 0.512. The lowest BCUT2D eigenvalue weighted by Gasteiger charge is -2.21. The van der Waals surface area contributed by atoms with Gasteiger partial charge in [-0.05, 0) is 36.1 Å². The number of sulfone groups is 1. The number of carbonyl (C=O) groups is 1. The molecule has 3 aromatic rings. The summed E-state index contributed by atoms with van der Waals surface area (Å²) in [5.41, 5.74) is 2.13. The highest BCUT2D eigenvalue weighted by atomic mass is 35.5. The Morgan fingerprint density at radius 3 is 2.59 bits per heavy atom. The van der Waals surface area contributed by atoms with Crippen LogP contribution in [-0.2, 0) is 14.6 Å². The smallest absolute Gasteiger partial charge is 0.233 e. The molecule has 0 saturated heterocycles. The summed E-state index contributed by atoms with van der Waals surface area (Å²) in [5.74, 6) is 0.0937. The summed E-state index contributed by atoms with van der Waals surface area (Å²) in [5, 5.41) is 2.98. The molecule has 0 radical (unpaired) electrons. The minimum Gasteiger partial charge on any atom is -0.472 e. The molecule has 0 bridgehead atoms. The molecule has 1 aliphatic carbocycles. The zero-order valence-electron chi connectivity index (χ0n) is 17.6. The number of furan rings is 1. The minimum absolute atomic E-state index is 0.0589. The molecule has 168 valence electrons. The summed E-state index contributed by atoms with van der Waals surface area (Å²) in [6.07, 6.45) is 12.5. The Morgan fingerprint density at radius 1 is 1.22 bits per heavy atom. The summed E-state index contributed by atoms with van der Waals surface area (Å²) in [6, 6.07) is 6.52. The van der Waals surface area contributed by atoms with E-state index in [-0.39, 0.29) is 15.8 Å². The molecule has 1 aliphatic rings. The monoisotopic (exact) mass is 473 g/mol. The van der Waals surface area contributed by atoms with Gasteiger partial charge in [-0.1, -0.05) is 43.4 Å². The van der Waals surface area contributed by atoms with Gasteiger partial charge in [0.25, 0.3) is 0 Å². The number of aromatic nitrogens is 2. The van der Waals surface area contributed by atoms with Crippen molar-refractivity contribution < 1.29 is 17.6 Å². The maximum absolute atomic E-state index is 13.3. The van der Waals surface area contributed by atoms with Gasteiger partial charge in [-0.25, -0.2) is 13.4 Å². The fraction of sp³-hybridized carbons (Fsp3) is 0.348. The lowest BCUT2D eigenvalue weighted by atomic mass is 9.87. The number of nitrogens with one attached hydrogen (secondary N) is 1. The lowest BCUT2D eigenvalue weighted by molar-refractivity contribution is -0.118. The van der Waals surface area contributed by atoms with Gasteiger partial charge in [-0.2, -0.15) is 0 Å². The van der Waals surface area contributed by atoms with Crippen LogP contribution in [0.2, 0.25) is 5.02 Å². The average Bonchev–Trinajstić information content (AvgIpc) is 3.46. The Balaban J connectivity index is 1.57. The summed E-state index contributed by atoms with van der Waals surface area (Å²) >= 11 is 6.27. The molecule has 1 fully saturated rings. The molecule has 1 saturated carbocycles. The van der Waals surface area contributed by atoms with Gasteiger partial charge >= 0.3 is 0 Å². The summed E-state index contributed by atoms with van der Waals surface area (Å²) in [6.45, 7) is 0. The Bertz CT molecular complexity index is 1190. The second-order valence-electron chi connectivity index (χ2n) is 8.19. The Labute approximate surface area is 192 Å². The van der Waals surface area contributed by atoms with Crippen molar-refractivity contribution in [2.45, 2.75) is 42.9 Å². The minimum atomic E-state index is -3.45. The molecule has 1 N–H and O–H groups in total. The first kappa shape index (κ1) is 22.5. The number of benzene rings is 1. The van der Waals surface area contributed by atoms with Crippen molar-refractivity contribution in [2.24, 2.45) is 5.92 Å². The predicted molar refractivity (Wildman–Crippen MR) is 122 cm³/mol. The van der Waals surface area contributed by atoms with Gasteiger partial charge in [-0.15, -0.1) is 0 Å². The van der Waals surface area contributed by atoms with E-state index >= 15 is 0 Å². The molecule has 2 aromatic heterocycles. The van der Waals surface area contributed by atoms with E-state index in [9.17, 15) is 13.2 Å². The van der Waals surface area contributed by atoms with E-state index < -0.39 is 15.8 Å². The largest absolute Gasteiger partial charge is 0.472 e. The van der Waals surface area contributed by atoms with E-state index in [2.05, 4.69) is 15.3 Å². The number of rotatable bonds is 7. The number of hydrogen-bond acceptors (Lipinski definition) is 6. The van der Waals surface area contributed by atoms with Crippen LogP contribution in [-0.4, -0.2) is 30.5 Å². The van der Waals surface area contributed by atoms with Crippen molar-refractivity contribution in [1.29, 1.82) is 0 Å². The lowest BCUT2D eigenvalue weighted by Crippen LogP contribution is -2.24. The first-order valence-corrected chi connectivity index (χ1v) is 12.7. The normalized spacial score (nSPS) is 15.6. The molecule has 7 nitrogen and oxygen atoms in total. The molecule has 1 aromatic carbocycles. The van der Waals surface area contributed by atoms with Crippen LogP contribution in [0.25, 0.3) is 11.3 Å². The van der Waals surface area contributed by atoms with E-state index in [1.54, 1.807) is 36.9 Å². The first-order chi connectivity index (χ1) is 15.3. The molecule has 32 heavy (non-hydrogen) atoms. The fourth-order valence-electron chi connectivity index (χ4n) is 4.17. The maximum Gasteiger partial charge on any atom is 0.233 e. The van der Waals surface area contributed by atoms with Gasteiger partial charge in [0.15, 0.2) is 15.7 Å². The SMILES string of the molecule is CS(=O)(=O)c1ccc(C(CC2CCCC2)C(=O)Nc2cnc(-c3ccoc3)cn2)cc1Cl. The highest BCUT2D eigenvalue weighted by molar-refractivity contribution is 7.90. The standard InChI is InChI=1S/C23H24ClN3O4S/c1-32(29,30)21-7-6-16(11-19(21)24)18(10-15-4-2-3-5-15)23(28)27-22-13-25-20(12-26-22)17-8-9-31-14-17/h6-9,11-15,18H,2-5,10H2,1H3,(H,26,27,28). The van der Waals surface area contributed by atoms with Crippen molar-refractivity contribution in [3.8, 4) is 11.3 Å². The molecule has 9 heteroatoms. The van der Waals surface area contributed by atoms with E-state index in [1.807, 2.05) is 0 Å². The highest BCUT2D eigenvalue weighted by Gasteiger charge is 2.28. The zero-order chi connectivity index (χ0) is 22.7. The predicted octanol–water partition coefficient (Wildman–Crippen LogP) is 5.10. The second kappa shape index (κ2) is 9.42. The van der Waals surface area contributed by atoms with Gasteiger partial charge in [-0.3, -0.25) is 9.78 Å². The summed E-state index contributed by atoms with van der Waals surface area (Å²) in [4.78, 5) is 22.0. The van der Waals surface area contributed by atoms with E-state index in [4.69, 9.17) is 16.0 Å². The number of halogens is 1. The number of carbonyl (C=O) groups excluding carboxylic acids is 1. The van der Waals surface area contributed by atoms with Gasteiger partial charge in [0, 0.05) is 11.8 Å². The van der Waals surface area contributed by atoms with Crippen LogP contribution < -0.4 is 5.32 Å².